The van der Waals surface area contributed by atoms with E-state index in [1.807, 2.05) is 13.8 Å². The average molecular weight is 404 g/mol. The fourth-order valence-electron chi connectivity index (χ4n) is 3.19. The van der Waals surface area contributed by atoms with Crippen LogP contribution in [0.1, 0.15) is 40.7 Å². The van der Waals surface area contributed by atoms with E-state index in [9.17, 15) is 9.59 Å². The summed E-state index contributed by atoms with van der Waals surface area (Å²) in [5.41, 5.74) is 3.45. The number of aromatic nitrogens is 1. The summed E-state index contributed by atoms with van der Waals surface area (Å²) in [4.78, 5) is 27.7. The standard InChI is InChI=1S/C21H28N2O6/c1-7-29-21(25)19-12(2)15(22-13(19)3)8-9-18(24)23-14-10-16(26-4)20(28-6)17(11-14)27-5/h10-11,22H,7-9H2,1-6H3,(H,23,24). The number of H-pyrrole nitrogens is 1. The van der Waals surface area contributed by atoms with Crippen LogP contribution in [0, 0.1) is 13.8 Å². The van der Waals surface area contributed by atoms with Crippen LogP contribution in [0.5, 0.6) is 17.2 Å². The molecule has 8 heteroatoms. The van der Waals surface area contributed by atoms with E-state index in [0.29, 0.717) is 41.5 Å². The van der Waals surface area contributed by atoms with E-state index >= 15 is 0 Å². The Morgan fingerprint density at radius 2 is 1.66 bits per heavy atom. The van der Waals surface area contributed by atoms with Gasteiger partial charge in [0.25, 0.3) is 0 Å². The summed E-state index contributed by atoms with van der Waals surface area (Å²) in [5.74, 6) is 0.835. The van der Waals surface area contributed by atoms with Gasteiger partial charge in [-0.15, -0.1) is 0 Å². The molecule has 158 valence electrons. The summed E-state index contributed by atoms with van der Waals surface area (Å²) < 4.78 is 21.0. The van der Waals surface area contributed by atoms with Gasteiger partial charge in [-0.1, -0.05) is 0 Å². The van der Waals surface area contributed by atoms with Crippen LogP contribution < -0.4 is 19.5 Å². The monoisotopic (exact) mass is 404 g/mol. The topological polar surface area (TPSA) is 98.9 Å². The van der Waals surface area contributed by atoms with E-state index in [1.165, 1.54) is 21.3 Å². The van der Waals surface area contributed by atoms with Crippen molar-refractivity contribution in [2.24, 2.45) is 0 Å². The van der Waals surface area contributed by atoms with Crippen LogP contribution in [-0.2, 0) is 16.0 Å². The largest absolute Gasteiger partial charge is 0.493 e. The highest BCUT2D eigenvalue weighted by Crippen LogP contribution is 2.39. The van der Waals surface area contributed by atoms with Crippen molar-refractivity contribution in [3.05, 3.63) is 34.6 Å². The Bertz CT molecular complexity index is 863. The Morgan fingerprint density at radius 1 is 1.03 bits per heavy atom. The van der Waals surface area contributed by atoms with Crippen molar-refractivity contribution in [3.8, 4) is 17.2 Å². The predicted octanol–water partition coefficient (Wildman–Crippen LogP) is 3.41. The van der Waals surface area contributed by atoms with Gasteiger partial charge in [-0.25, -0.2) is 4.79 Å². The normalized spacial score (nSPS) is 10.4. The number of benzene rings is 1. The van der Waals surface area contributed by atoms with E-state index in [1.54, 1.807) is 19.1 Å². The van der Waals surface area contributed by atoms with Gasteiger partial charge in [0.2, 0.25) is 11.7 Å². The minimum atomic E-state index is -0.355. The quantitative estimate of drug-likeness (QED) is 0.622. The maximum atomic E-state index is 12.4. The van der Waals surface area contributed by atoms with Crippen molar-refractivity contribution < 1.29 is 28.5 Å². The second-order valence-electron chi connectivity index (χ2n) is 6.41. The highest BCUT2D eigenvalue weighted by Gasteiger charge is 2.20. The molecule has 0 saturated carbocycles. The molecule has 0 atom stereocenters. The first-order valence-electron chi connectivity index (χ1n) is 9.31. The second-order valence-corrected chi connectivity index (χ2v) is 6.41. The molecule has 0 saturated heterocycles. The van der Waals surface area contributed by atoms with E-state index in [-0.39, 0.29) is 18.3 Å². The third-order valence-corrected chi connectivity index (χ3v) is 4.57. The minimum absolute atomic E-state index is 0.177. The number of hydrogen-bond donors (Lipinski definition) is 2. The van der Waals surface area contributed by atoms with Crippen molar-refractivity contribution in [2.75, 3.05) is 33.3 Å². The second kappa shape index (κ2) is 9.86. The summed E-state index contributed by atoms with van der Waals surface area (Å²) in [6.45, 7) is 5.75. The molecule has 0 radical (unpaired) electrons. The van der Waals surface area contributed by atoms with Crippen molar-refractivity contribution in [3.63, 3.8) is 0 Å². The summed E-state index contributed by atoms with van der Waals surface area (Å²) in [6.07, 6.45) is 0.696. The Kier molecular flexibility index (Phi) is 7.52. The van der Waals surface area contributed by atoms with Gasteiger partial charge in [0.15, 0.2) is 11.5 Å². The van der Waals surface area contributed by atoms with Gasteiger partial charge in [0, 0.05) is 35.6 Å². The highest BCUT2D eigenvalue weighted by atomic mass is 16.5. The van der Waals surface area contributed by atoms with Crippen molar-refractivity contribution in [2.45, 2.75) is 33.6 Å². The lowest BCUT2D eigenvalue weighted by Gasteiger charge is -2.14. The molecule has 0 aliphatic heterocycles. The van der Waals surface area contributed by atoms with Gasteiger partial charge >= 0.3 is 5.97 Å². The fraction of sp³-hybridized carbons (Fsp3) is 0.429. The molecule has 2 N–H and O–H groups in total. The number of carbonyl (C=O) groups is 2. The molecule has 1 heterocycles. The van der Waals surface area contributed by atoms with E-state index in [2.05, 4.69) is 10.3 Å². The Balaban J connectivity index is 2.09. The number of hydrogen-bond acceptors (Lipinski definition) is 6. The summed E-state index contributed by atoms with van der Waals surface area (Å²) in [7, 11) is 4.55. The van der Waals surface area contributed by atoms with E-state index in [0.717, 1.165) is 17.0 Å². The molecule has 0 fully saturated rings. The number of amides is 1. The lowest BCUT2D eigenvalue weighted by atomic mass is 10.1. The van der Waals surface area contributed by atoms with Crippen LogP contribution in [0.4, 0.5) is 5.69 Å². The summed E-state index contributed by atoms with van der Waals surface area (Å²) in [6, 6.07) is 3.34. The third-order valence-electron chi connectivity index (χ3n) is 4.57. The van der Waals surface area contributed by atoms with Crippen LogP contribution >= 0.6 is 0 Å². The Labute approximate surface area is 170 Å². The Morgan fingerprint density at radius 3 is 2.17 bits per heavy atom. The molecule has 29 heavy (non-hydrogen) atoms. The molecule has 0 bridgehead atoms. The van der Waals surface area contributed by atoms with Gasteiger partial charge < -0.3 is 29.2 Å². The van der Waals surface area contributed by atoms with Gasteiger partial charge in [0.1, 0.15) is 0 Å². The zero-order valence-electron chi connectivity index (χ0n) is 17.7. The first-order valence-corrected chi connectivity index (χ1v) is 9.31. The van der Waals surface area contributed by atoms with Crippen molar-refractivity contribution in [1.82, 2.24) is 4.98 Å². The molecule has 1 aromatic heterocycles. The zero-order valence-corrected chi connectivity index (χ0v) is 17.7. The first-order chi connectivity index (χ1) is 13.9. The average Bonchev–Trinajstić information content (AvgIpc) is 2.98. The van der Waals surface area contributed by atoms with Gasteiger partial charge in [-0.2, -0.15) is 0 Å². The number of carbonyl (C=O) groups excluding carboxylic acids is 2. The maximum absolute atomic E-state index is 12.4. The molecule has 0 aliphatic carbocycles. The molecule has 0 spiro atoms. The SMILES string of the molecule is CCOC(=O)c1c(C)[nH]c(CCC(=O)Nc2cc(OC)c(OC)c(OC)c2)c1C. The van der Waals surface area contributed by atoms with Crippen LogP contribution in [0.15, 0.2) is 12.1 Å². The highest BCUT2D eigenvalue weighted by molar-refractivity contribution is 5.93. The predicted molar refractivity (Wildman–Crippen MR) is 109 cm³/mol. The van der Waals surface area contributed by atoms with Gasteiger partial charge in [-0.05, 0) is 32.8 Å². The summed E-state index contributed by atoms with van der Waals surface area (Å²) >= 11 is 0. The number of aromatic amines is 1. The van der Waals surface area contributed by atoms with Crippen LogP contribution in [0.3, 0.4) is 0 Å². The molecule has 2 aromatic rings. The number of aryl methyl sites for hydroxylation is 2. The fourth-order valence-corrected chi connectivity index (χ4v) is 3.19. The molecule has 2 rings (SSSR count). The number of methoxy groups -OCH3 is 3. The molecular weight excluding hydrogens is 376 g/mol. The molecule has 0 aliphatic rings. The van der Waals surface area contributed by atoms with Gasteiger partial charge in [-0.3, -0.25) is 4.79 Å². The molecule has 8 nitrogen and oxygen atoms in total. The first kappa shape index (κ1) is 22.1. The van der Waals surface area contributed by atoms with Crippen LogP contribution in [0.2, 0.25) is 0 Å². The smallest absolute Gasteiger partial charge is 0.340 e. The number of esters is 1. The molecule has 0 unspecified atom stereocenters. The number of anilines is 1. The van der Waals surface area contributed by atoms with Crippen molar-refractivity contribution in [1.29, 1.82) is 0 Å². The lowest BCUT2D eigenvalue weighted by molar-refractivity contribution is -0.116. The van der Waals surface area contributed by atoms with Crippen molar-refractivity contribution >= 4 is 17.6 Å². The third kappa shape index (κ3) is 5.01. The number of ether oxygens (including phenoxy) is 4. The van der Waals surface area contributed by atoms with Crippen LogP contribution in [-0.4, -0.2) is 44.8 Å². The molecular formula is C21H28N2O6. The maximum Gasteiger partial charge on any atom is 0.340 e. The van der Waals surface area contributed by atoms with E-state index < -0.39 is 0 Å². The van der Waals surface area contributed by atoms with Gasteiger partial charge in [0.05, 0.1) is 33.5 Å². The zero-order chi connectivity index (χ0) is 21.6. The van der Waals surface area contributed by atoms with Crippen LogP contribution in [0.25, 0.3) is 0 Å². The lowest BCUT2D eigenvalue weighted by Crippen LogP contribution is -2.13. The number of rotatable bonds is 9. The molecule has 1 amide bonds. The number of nitrogens with one attached hydrogen (secondary N) is 2. The Hall–Kier alpha value is -3.16. The summed E-state index contributed by atoms with van der Waals surface area (Å²) in [5, 5.41) is 2.84. The minimum Gasteiger partial charge on any atom is -0.493 e. The molecule has 1 aromatic carbocycles. The van der Waals surface area contributed by atoms with E-state index in [4.69, 9.17) is 18.9 Å².